The Morgan fingerprint density at radius 1 is 0.456 bits per heavy atom. The fourth-order valence-electron chi connectivity index (χ4n) is 8.90. The van der Waals surface area contributed by atoms with Crippen LogP contribution in [0.1, 0.15) is 25.0 Å². The van der Waals surface area contributed by atoms with Crippen LogP contribution in [0.2, 0.25) is 0 Å². The number of hydrogen-bond acceptors (Lipinski definition) is 3. The van der Waals surface area contributed by atoms with Crippen LogP contribution in [0.15, 0.2) is 188 Å². The van der Waals surface area contributed by atoms with Crippen LogP contribution in [0, 0.1) is 0 Å². The van der Waals surface area contributed by atoms with Crippen LogP contribution in [0.3, 0.4) is 0 Å². The Balaban J connectivity index is 1.15. The molecule has 0 aliphatic heterocycles. The van der Waals surface area contributed by atoms with E-state index < -0.39 is 0 Å². The van der Waals surface area contributed by atoms with E-state index in [-0.39, 0.29) is 5.41 Å². The quantitative estimate of drug-likeness (QED) is 0.155. The highest BCUT2D eigenvalue weighted by molar-refractivity contribution is 6.10. The van der Waals surface area contributed by atoms with Crippen LogP contribution in [-0.2, 0) is 5.41 Å². The Kier molecular flexibility index (Phi) is 8.23. The summed E-state index contributed by atoms with van der Waals surface area (Å²) < 4.78 is 7.99. The van der Waals surface area contributed by atoms with Crippen LogP contribution < -0.4 is 14.5 Å². The lowest BCUT2D eigenvalue weighted by Gasteiger charge is -2.28. The van der Waals surface area contributed by atoms with Gasteiger partial charge in [-0.15, -0.1) is 0 Å². The van der Waals surface area contributed by atoms with E-state index >= 15 is 0 Å². The van der Waals surface area contributed by atoms with Gasteiger partial charge in [0.25, 0.3) is 0 Å². The molecule has 4 heteroatoms. The third kappa shape index (κ3) is 5.76. The highest BCUT2D eigenvalue weighted by Crippen LogP contribution is 2.50. The fourth-order valence-corrected chi connectivity index (χ4v) is 8.90. The van der Waals surface area contributed by atoms with Gasteiger partial charge in [0.15, 0.2) is 0 Å². The summed E-state index contributed by atoms with van der Waals surface area (Å²) in [6.07, 6.45) is 0. The van der Waals surface area contributed by atoms with Crippen molar-refractivity contribution < 1.29 is 4.74 Å². The van der Waals surface area contributed by atoms with Gasteiger partial charge in [-0.1, -0.05) is 105 Å². The lowest BCUT2D eigenvalue weighted by molar-refractivity contribution is 0.415. The molecule has 0 saturated heterocycles. The van der Waals surface area contributed by atoms with E-state index in [1.165, 1.54) is 49.7 Å². The van der Waals surface area contributed by atoms with E-state index in [0.29, 0.717) is 0 Å². The smallest absolute Gasteiger partial charge is 0.119 e. The van der Waals surface area contributed by atoms with Gasteiger partial charge in [0.2, 0.25) is 0 Å². The Morgan fingerprint density at radius 2 is 1.09 bits per heavy atom. The standard InChI is InChI=1S/C53H43N3O/c1-53(2)49-21-13-11-19-45(49)46-29-26-41(35-50(46)53)56-51-22-14-12-20-47(51)48-33-36(23-30-52(48)56)37-31-42(54(3)38-15-7-5-8-16-38)34-43(32-37)55(39-17-9-6-10-18-39)40-24-27-44(57-4)28-25-40/h5-35H,1-4H3. The van der Waals surface area contributed by atoms with Crippen LogP contribution in [0.25, 0.3) is 49.7 Å². The molecule has 10 rings (SSSR count). The molecule has 0 saturated carbocycles. The van der Waals surface area contributed by atoms with Gasteiger partial charge in [-0.3, -0.25) is 0 Å². The molecule has 1 aliphatic rings. The van der Waals surface area contributed by atoms with Crippen molar-refractivity contribution in [3.8, 4) is 33.7 Å². The summed E-state index contributed by atoms with van der Waals surface area (Å²) in [5.41, 5.74) is 16.6. The summed E-state index contributed by atoms with van der Waals surface area (Å²) in [7, 11) is 3.85. The van der Waals surface area contributed by atoms with Crippen molar-refractivity contribution in [2.75, 3.05) is 24.0 Å². The highest BCUT2D eigenvalue weighted by Gasteiger charge is 2.35. The zero-order chi connectivity index (χ0) is 38.7. The van der Waals surface area contributed by atoms with Gasteiger partial charge in [0.05, 0.1) is 18.1 Å². The summed E-state index contributed by atoms with van der Waals surface area (Å²) in [4.78, 5) is 4.59. The maximum atomic E-state index is 5.55. The van der Waals surface area contributed by atoms with Gasteiger partial charge in [-0.2, -0.15) is 0 Å². The molecule has 1 aliphatic carbocycles. The predicted octanol–water partition coefficient (Wildman–Crippen LogP) is 14.0. The fraction of sp³-hybridized carbons (Fsp3) is 0.0943. The monoisotopic (exact) mass is 737 g/mol. The van der Waals surface area contributed by atoms with Gasteiger partial charge < -0.3 is 19.1 Å². The number of aromatic nitrogens is 1. The van der Waals surface area contributed by atoms with Gasteiger partial charge in [0, 0.05) is 57.4 Å². The molecule has 0 amide bonds. The summed E-state index contributed by atoms with van der Waals surface area (Å²) >= 11 is 0. The molecule has 0 radical (unpaired) electrons. The molecule has 0 atom stereocenters. The lowest BCUT2D eigenvalue weighted by Crippen LogP contribution is -2.15. The molecular formula is C53H43N3O. The Labute approximate surface area is 334 Å². The minimum Gasteiger partial charge on any atom is -0.497 e. The van der Waals surface area contributed by atoms with E-state index in [1.54, 1.807) is 7.11 Å². The maximum Gasteiger partial charge on any atom is 0.119 e. The molecule has 9 aromatic rings. The first-order valence-corrected chi connectivity index (χ1v) is 19.6. The lowest BCUT2D eigenvalue weighted by atomic mass is 9.82. The van der Waals surface area contributed by atoms with E-state index in [1.807, 2.05) is 12.1 Å². The number of anilines is 5. The molecule has 1 aromatic heterocycles. The van der Waals surface area contributed by atoms with Crippen molar-refractivity contribution in [2.45, 2.75) is 19.3 Å². The second-order valence-corrected chi connectivity index (χ2v) is 15.5. The number of ether oxygens (including phenoxy) is 1. The first kappa shape index (κ1) is 34.5. The van der Waals surface area contributed by atoms with Crippen molar-refractivity contribution in [1.29, 1.82) is 0 Å². The maximum absolute atomic E-state index is 5.55. The summed E-state index contributed by atoms with van der Waals surface area (Å²) in [5, 5.41) is 2.46. The molecular weight excluding hydrogens is 695 g/mol. The van der Waals surface area contributed by atoms with Crippen LogP contribution in [0.5, 0.6) is 5.75 Å². The molecule has 8 aromatic carbocycles. The minimum absolute atomic E-state index is 0.0804. The average Bonchev–Trinajstić information content (AvgIpc) is 3.72. The first-order valence-electron chi connectivity index (χ1n) is 19.6. The van der Waals surface area contributed by atoms with Gasteiger partial charge in [-0.25, -0.2) is 0 Å². The Morgan fingerprint density at radius 3 is 1.86 bits per heavy atom. The molecule has 57 heavy (non-hydrogen) atoms. The van der Waals surface area contributed by atoms with E-state index in [4.69, 9.17) is 4.74 Å². The Hall–Kier alpha value is -7.04. The van der Waals surface area contributed by atoms with Crippen molar-refractivity contribution >= 4 is 50.2 Å². The summed E-state index contributed by atoms with van der Waals surface area (Å²) in [6, 6.07) is 68.1. The first-order chi connectivity index (χ1) is 27.9. The van der Waals surface area contributed by atoms with Crippen LogP contribution >= 0.6 is 0 Å². The second-order valence-electron chi connectivity index (χ2n) is 15.5. The van der Waals surface area contributed by atoms with Gasteiger partial charge in [-0.05, 0) is 130 Å². The minimum atomic E-state index is -0.0804. The zero-order valence-corrected chi connectivity index (χ0v) is 32.6. The van der Waals surface area contributed by atoms with Crippen molar-refractivity contribution in [1.82, 2.24) is 4.57 Å². The number of para-hydroxylation sites is 3. The normalized spacial score (nSPS) is 12.7. The summed E-state index contributed by atoms with van der Waals surface area (Å²) in [5.74, 6) is 0.825. The topological polar surface area (TPSA) is 20.6 Å². The predicted molar refractivity (Wildman–Crippen MR) is 240 cm³/mol. The van der Waals surface area contributed by atoms with Crippen LogP contribution in [-0.4, -0.2) is 18.7 Å². The van der Waals surface area contributed by atoms with Crippen molar-refractivity contribution in [2.24, 2.45) is 0 Å². The van der Waals surface area contributed by atoms with E-state index in [9.17, 15) is 0 Å². The van der Waals surface area contributed by atoms with E-state index in [2.05, 4.69) is 211 Å². The number of nitrogens with zero attached hydrogens (tertiary/aromatic N) is 3. The Bertz CT molecular complexity index is 2930. The number of fused-ring (bicyclic) bond motifs is 6. The number of rotatable bonds is 8. The molecule has 4 nitrogen and oxygen atoms in total. The second kappa shape index (κ2) is 13.6. The molecule has 276 valence electrons. The molecule has 0 spiro atoms. The van der Waals surface area contributed by atoms with Gasteiger partial charge in [0.1, 0.15) is 5.75 Å². The third-order valence-corrected chi connectivity index (χ3v) is 11.9. The zero-order valence-electron chi connectivity index (χ0n) is 32.6. The molecule has 0 unspecified atom stereocenters. The number of benzene rings is 8. The highest BCUT2D eigenvalue weighted by atomic mass is 16.5. The van der Waals surface area contributed by atoms with Crippen molar-refractivity contribution in [3.05, 3.63) is 199 Å². The number of hydrogen-bond donors (Lipinski definition) is 0. The third-order valence-electron chi connectivity index (χ3n) is 11.9. The molecule has 0 bridgehead atoms. The molecule has 1 heterocycles. The molecule has 0 N–H and O–H groups in total. The SMILES string of the molecule is COc1ccc(N(c2ccccc2)c2cc(-c3ccc4c(c3)c3ccccc3n4-c3ccc4c(c3)C(C)(C)c3ccccc3-4)cc(N(C)c3ccccc3)c2)cc1. The average molecular weight is 738 g/mol. The number of methoxy groups -OCH3 is 1. The largest absolute Gasteiger partial charge is 0.497 e. The van der Waals surface area contributed by atoms with E-state index in [0.717, 1.165) is 45.3 Å². The summed E-state index contributed by atoms with van der Waals surface area (Å²) in [6.45, 7) is 4.70. The van der Waals surface area contributed by atoms with Crippen LogP contribution in [0.4, 0.5) is 28.4 Å². The molecule has 0 fully saturated rings. The van der Waals surface area contributed by atoms with Gasteiger partial charge >= 0.3 is 0 Å². The van der Waals surface area contributed by atoms with Crippen molar-refractivity contribution in [3.63, 3.8) is 0 Å².